The molecule has 0 amide bonds. The van der Waals surface area contributed by atoms with E-state index in [2.05, 4.69) is 5.32 Å². The van der Waals surface area contributed by atoms with E-state index < -0.39 is 17.8 Å². The van der Waals surface area contributed by atoms with E-state index in [1.165, 1.54) is 18.2 Å². The average Bonchev–Trinajstić information content (AvgIpc) is 2.62. The highest BCUT2D eigenvalue weighted by Crippen LogP contribution is 2.37. The summed E-state index contributed by atoms with van der Waals surface area (Å²) in [6, 6.07) is 9.24. The predicted molar refractivity (Wildman–Crippen MR) is 103 cm³/mol. The van der Waals surface area contributed by atoms with Crippen LogP contribution < -0.4 is 5.32 Å². The predicted octanol–water partition coefficient (Wildman–Crippen LogP) is 6.49. The van der Waals surface area contributed by atoms with E-state index in [9.17, 15) is 17.6 Å². The molecule has 0 spiro atoms. The third kappa shape index (κ3) is 5.38. The first-order chi connectivity index (χ1) is 12.8. The Balaban J connectivity index is 0.00000280. The lowest BCUT2D eigenvalue weighted by Gasteiger charge is -2.35. The molecule has 2 nitrogen and oxygen atoms in total. The molecule has 1 aliphatic heterocycles. The molecule has 1 heterocycles. The third-order valence-electron chi connectivity index (χ3n) is 4.77. The molecule has 1 saturated heterocycles. The number of nitrogens with one attached hydrogen (secondary N) is 1. The smallest absolute Gasteiger partial charge is 0.369 e. The van der Waals surface area contributed by atoms with Crippen LogP contribution in [0.1, 0.15) is 48.6 Å². The maximum atomic E-state index is 13.2. The second kappa shape index (κ2) is 9.44. The van der Waals surface area contributed by atoms with E-state index in [0.29, 0.717) is 5.56 Å². The van der Waals surface area contributed by atoms with Gasteiger partial charge in [0, 0.05) is 5.02 Å². The summed E-state index contributed by atoms with van der Waals surface area (Å²) >= 11 is 6.13. The number of piperidine rings is 1. The van der Waals surface area contributed by atoms with Crippen LogP contribution in [-0.2, 0) is 10.9 Å². The Labute approximate surface area is 172 Å². The van der Waals surface area contributed by atoms with Gasteiger partial charge in [0.05, 0.1) is 23.8 Å². The molecule has 1 fully saturated rings. The standard InChI is InChI=1S/C20H20ClF4NO.ClH/c1-12(16-11-14(20(23,24)25)6-9-17(16)21)27-18-3-2-10-26-19(18)13-4-7-15(22)8-5-13;/h4-9,11-12,18-19,26H,2-3,10H2,1H3;1H/t12?,18-,19-;/m0./s1. The molecule has 1 unspecified atom stereocenters. The fourth-order valence-corrected chi connectivity index (χ4v) is 3.65. The van der Waals surface area contributed by atoms with Crippen LogP contribution >= 0.6 is 24.0 Å². The summed E-state index contributed by atoms with van der Waals surface area (Å²) in [5.74, 6) is -0.323. The average molecular weight is 438 g/mol. The third-order valence-corrected chi connectivity index (χ3v) is 5.11. The van der Waals surface area contributed by atoms with Crippen molar-refractivity contribution < 1.29 is 22.3 Å². The van der Waals surface area contributed by atoms with Gasteiger partial charge >= 0.3 is 6.18 Å². The van der Waals surface area contributed by atoms with Crippen LogP contribution in [0.2, 0.25) is 5.02 Å². The molecule has 154 valence electrons. The van der Waals surface area contributed by atoms with Crippen LogP contribution in [0.4, 0.5) is 17.6 Å². The van der Waals surface area contributed by atoms with Gasteiger partial charge in [-0.3, -0.25) is 0 Å². The van der Waals surface area contributed by atoms with E-state index >= 15 is 0 Å². The first-order valence-electron chi connectivity index (χ1n) is 8.76. The molecule has 0 aromatic heterocycles. The molecule has 8 heteroatoms. The van der Waals surface area contributed by atoms with Crippen LogP contribution in [0.3, 0.4) is 0 Å². The molecule has 0 radical (unpaired) electrons. The van der Waals surface area contributed by atoms with Crippen molar-refractivity contribution in [2.45, 2.75) is 44.2 Å². The number of hydrogen-bond acceptors (Lipinski definition) is 2. The summed E-state index contributed by atoms with van der Waals surface area (Å²) in [5, 5.41) is 3.59. The van der Waals surface area contributed by atoms with E-state index in [1.807, 2.05) is 0 Å². The summed E-state index contributed by atoms with van der Waals surface area (Å²) in [4.78, 5) is 0. The Kier molecular flexibility index (Phi) is 7.73. The lowest BCUT2D eigenvalue weighted by molar-refractivity contribution is -0.137. The molecule has 28 heavy (non-hydrogen) atoms. The van der Waals surface area contributed by atoms with E-state index in [-0.39, 0.29) is 35.4 Å². The largest absolute Gasteiger partial charge is 0.416 e. The second-order valence-corrected chi connectivity index (χ2v) is 7.08. The molecule has 1 N–H and O–H groups in total. The highest BCUT2D eigenvalue weighted by molar-refractivity contribution is 6.31. The van der Waals surface area contributed by atoms with Gasteiger partial charge in [0.2, 0.25) is 0 Å². The first kappa shape index (κ1) is 22.9. The fraction of sp³-hybridized carbons (Fsp3) is 0.400. The minimum atomic E-state index is -4.44. The molecule has 0 bridgehead atoms. The topological polar surface area (TPSA) is 21.3 Å². The van der Waals surface area contributed by atoms with Crippen molar-refractivity contribution in [2.75, 3.05) is 6.54 Å². The Morgan fingerprint density at radius 1 is 1.14 bits per heavy atom. The molecular weight excluding hydrogens is 417 g/mol. The summed E-state index contributed by atoms with van der Waals surface area (Å²) in [5.41, 5.74) is 0.424. The minimum absolute atomic E-state index is 0. The number of alkyl halides is 3. The van der Waals surface area contributed by atoms with Crippen molar-refractivity contribution in [3.8, 4) is 0 Å². The van der Waals surface area contributed by atoms with Crippen LogP contribution in [0.5, 0.6) is 0 Å². The number of rotatable bonds is 4. The maximum absolute atomic E-state index is 13.2. The van der Waals surface area contributed by atoms with Gasteiger partial charge < -0.3 is 10.1 Å². The van der Waals surface area contributed by atoms with Crippen LogP contribution in [0.25, 0.3) is 0 Å². The highest BCUT2D eigenvalue weighted by Gasteiger charge is 2.33. The van der Waals surface area contributed by atoms with Crippen LogP contribution in [-0.4, -0.2) is 12.6 Å². The number of hydrogen-bond donors (Lipinski definition) is 1. The number of halogens is 6. The second-order valence-electron chi connectivity index (χ2n) is 6.68. The highest BCUT2D eigenvalue weighted by atomic mass is 35.5. The zero-order valence-corrected chi connectivity index (χ0v) is 16.7. The van der Waals surface area contributed by atoms with Gasteiger partial charge in [-0.2, -0.15) is 13.2 Å². The van der Waals surface area contributed by atoms with Crippen LogP contribution in [0, 0.1) is 5.82 Å². The van der Waals surface area contributed by atoms with Gasteiger partial charge in [0.15, 0.2) is 0 Å². The van der Waals surface area contributed by atoms with Gasteiger partial charge in [-0.15, -0.1) is 12.4 Å². The molecule has 1 aliphatic rings. The SMILES string of the molecule is CC(O[C@H]1CCCN[C@H]1c1ccc(F)cc1)c1cc(C(F)(F)F)ccc1Cl.Cl. The summed E-state index contributed by atoms with van der Waals surface area (Å²) in [6.07, 6.45) is -3.69. The molecular formula is C20H21Cl2F4NO. The Morgan fingerprint density at radius 2 is 1.82 bits per heavy atom. The molecule has 2 aromatic rings. The Hall–Kier alpha value is -1.34. The van der Waals surface area contributed by atoms with Gasteiger partial charge in [-0.25, -0.2) is 4.39 Å². The maximum Gasteiger partial charge on any atom is 0.416 e. The van der Waals surface area contributed by atoms with Gasteiger partial charge in [0.25, 0.3) is 0 Å². The molecule has 3 atom stereocenters. The van der Waals surface area contributed by atoms with Crippen molar-refractivity contribution >= 4 is 24.0 Å². The monoisotopic (exact) mass is 437 g/mol. The van der Waals surface area contributed by atoms with Crippen molar-refractivity contribution in [1.29, 1.82) is 0 Å². The van der Waals surface area contributed by atoms with E-state index in [0.717, 1.165) is 37.1 Å². The van der Waals surface area contributed by atoms with Gasteiger partial charge in [0.1, 0.15) is 5.82 Å². The van der Waals surface area contributed by atoms with Crippen molar-refractivity contribution in [3.05, 3.63) is 70.0 Å². The van der Waals surface area contributed by atoms with E-state index in [1.54, 1.807) is 19.1 Å². The zero-order chi connectivity index (χ0) is 19.6. The van der Waals surface area contributed by atoms with Gasteiger partial charge in [-0.05, 0) is 67.8 Å². The normalized spacial score (nSPS) is 21.1. The lowest BCUT2D eigenvalue weighted by Crippen LogP contribution is -2.39. The van der Waals surface area contributed by atoms with Crippen LogP contribution in [0.15, 0.2) is 42.5 Å². The first-order valence-corrected chi connectivity index (χ1v) is 9.14. The molecule has 2 aromatic carbocycles. The number of ether oxygens (including phenoxy) is 1. The summed E-state index contributed by atoms with van der Waals surface area (Å²) in [7, 11) is 0. The van der Waals surface area contributed by atoms with Crippen molar-refractivity contribution in [1.82, 2.24) is 5.32 Å². The fourth-order valence-electron chi connectivity index (χ4n) is 3.38. The molecule has 0 saturated carbocycles. The van der Waals surface area contributed by atoms with Gasteiger partial charge in [-0.1, -0.05) is 23.7 Å². The Bertz CT molecular complexity index is 783. The minimum Gasteiger partial charge on any atom is -0.369 e. The number of benzene rings is 2. The summed E-state index contributed by atoms with van der Waals surface area (Å²) < 4.78 is 58.4. The van der Waals surface area contributed by atoms with Crippen molar-refractivity contribution in [3.63, 3.8) is 0 Å². The Morgan fingerprint density at radius 3 is 2.46 bits per heavy atom. The summed E-state index contributed by atoms with van der Waals surface area (Å²) in [6.45, 7) is 2.48. The quantitative estimate of drug-likeness (QED) is 0.551. The molecule has 3 rings (SSSR count). The van der Waals surface area contributed by atoms with E-state index in [4.69, 9.17) is 16.3 Å². The zero-order valence-electron chi connectivity index (χ0n) is 15.1. The molecule has 0 aliphatic carbocycles. The van der Waals surface area contributed by atoms with Crippen molar-refractivity contribution in [2.24, 2.45) is 0 Å². The lowest BCUT2D eigenvalue weighted by atomic mass is 9.94.